The van der Waals surface area contributed by atoms with Gasteiger partial charge in [-0.05, 0) is 33.7 Å². The number of aromatic hydroxyl groups is 2. The van der Waals surface area contributed by atoms with E-state index in [1.54, 1.807) is 48.5 Å². The largest absolute Gasteiger partial charge is 0.507 e. The average Bonchev–Trinajstić information content (AvgIpc) is 2.70. The maximum atomic E-state index is 11.1. The SMILES string of the molecule is O=[N+]([O-])Cc1cc2ccccc2c(-c2c(O)c(C[N+](=O)[O-])cc3ccccc23)c1O. The summed E-state index contributed by atoms with van der Waals surface area (Å²) in [5.74, 6) is -0.659. The molecule has 0 amide bonds. The van der Waals surface area contributed by atoms with Gasteiger partial charge in [0.15, 0.2) is 0 Å². The van der Waals surface area contributed by atoms with Crippen molar-refractivity contribution >= 4 is 21.5 Å². The smallest absolute Gasteiger partial charge is 0.232 e. The van der Waals surface area contributed by atoms with Crippen LogP contribution >= 0.6 is 0 Å². The summed E-state index contributed by atoms with van der Waals surface area (Å²) in [5, 5.41) is 46.7. The predicted molar refractivity (Wildman–Crippen MR) is 112 cm³/mol. The zero-order valence-corrected chi connectivity index (χ0v) is 15.6. The molecule has 0 unspecified atom stereocenters. The lowest BCUT2D eigenvalue weighted by molar-refractivity contribution is -0.497. The van der Waals surface area contributed by atoms with Crippen molar-refractivity contribution in [2.24, 2.45) is 0 Å². The molecule has 0 saturated carbocycles. The van der Waals surface area contributed by atoms with E-state index in [4.69, 9.17) is 0 Å². The van der Waals surface area contributed by atoms with E-state index in [9.17, 15) is 30.4 Å². The van der Waals surface area contributed by atoms with Gasteiger partial charge in [-0.15, -0.1) is 0 Å². The lowest BCUT2D eigenvalue weighted by atomic mass is 9.89. The van der Waals surface area contributed by atoms with Gasteiger partial charge < -0.3 is 10.2 Å². The third kappa shape index (κ3) is 3.24. The zero-order valence-electron chi connectivity index (χ0n) is 15.6. The molecule has 4 aromatic rings. The number of phenols is 2. The number of fused-ring (bicyclic) bond motifs is 2. The molecule has 8 heteroatoms. The van der Waals surface area contributed by atoms with Gasteiger partial charge in [-0.25, -0.2) is 0 Å². The van der Waals surface area contributed by atoms with Crippen LogP contribution in [0.3, 0.4) is 0 Å². The quantitative estimate of drug-likeness (QED) is 0.369. The number of nitro groups is 2. The molecule has 150 valence electrons. The molecule has 0 aliphatic rings. The van der Waals surface area contributed by atoms with Crippen molar-refractivity contribution in [3.63, 3.8) is 0 Å². The number of phenolic OH excluding ortho intramolecular Hbond substituents is 2. The number of hydrogen-bond acceptors (Lipinski definition) is 6. The highest BCUT2D eigenvalue weighted by Crippen LogP contribution is 2.47. The first kappa shape index (κ1) is 19.1. The van der Waals surface area contributed by atoms with Crippen LogP contribution in [0.2, 0.25) is 0 Å². The minimum atomic E-state index is -0.600. The number of nitrogens with zero attached hydrogens (tertiary/aromatic N) is 2. The van der Waals surface area contributed by atoms with Crippen LogP contribution in [0.5, 0.6) is 11.5 Å². The van der Waals surface area contributed by atoms with Crippen molar-refractivity contribution in [3.8, 4) is 22.6 Å². The second kappa shape index (κ2) is 7.32. The van der Waals surface area contributed by atoms with Gasteiger partial charge in [0.2, 0.25) is 13.1 Å². The van der Waals surface area contributed by atoms with Gasteiger partial charge in [0, 0.05) is 21.0 Å². The highest BCUT2D eigenvalue weighted by molar-refractivity contribution is 6.10. The molecule has 0 atom stereocenters. The summed E-state index contributed by atoms with van der Waals surface area (Å²) in [6, 6.07) is 17.1. The van der Waals surface area contributed by atoms with E-state index in [-0.39, 0.29) is 33.8 Å². The van der Waals surface area contributed by atoms with Crippen molar-refractivity contribution in [1.82, 2.24) is 0 Å². The van der Waals surface area contributed by atoms with Crippen LogP contribution in [0.25, 0.3) is 32.7 Å². The maximum Gasteiger partial charge on any atom is 0.232 e. The normalized spacial score (nSPS) is 11.1. The molecule has 4 rings (SSSR count). The van der Waals surface area contributed by atoms with E-state index in [1.165, 1.54) is 12.1 Å². The van der Waals surface area contributed by atoms with E-state index in [1.807, 2.05) is 0 Å². The predicted octanol–water partition coefficient (Wildman–Crippen LogP) is 4.62. The van der Waals surface area contributed by atoms with Crippen molar-refractivity contribution in [1.29, 1.82) is 0 Å². The highest BCUT2D eigenvalue weighted by Gasteiger charge is 2.24. The van der Waals surface area contributed by atoms with Crippen LogP contribution in [0.15, 0.2) is 60.7 Å². The minimum Gasteiger partial charge on any atom is -0.507 e. The first-order valence-corrected chi connectivity index (χ1v) is 9.08. The molecule has 0 fully saturated rings. The minimum absolute atomic E-state index is 0.0943. The number of benzene rings is 4. The van der Waals surface area contributed by atoms with Crippen LogP contribution in [-0.2, 0) is 13.1 Å². The Balaban J connectivity index is 2.17. The van der Waals surface area contributed by atoms with Crippen molar-refractivity contribution < 1.29 is 20.1 Å². The molecule has 8 nitrogen and oxygen atoms in total. The van der Waals surface area contributed by atoms with E-state index in [0.717, 1.165) is 0 Å². The summed E-state index contributed by atoms with van der Waals surface area (Å²) < 4.78 is 0. The van der Waals surface area contributed by atoms with Gasteiger partial charge in [-0.3, -0.25) is 20.2 Å². The molecular weight excluding hydrogens is 388 g/mol. The third-order valence-corrected chi connectivity index (χ3v) is 5.05. The van der Waals surface area contributed by atoms with Gasteiger partial charge in [-0.1, -0.05) is 48.5 Å². The summed E-state index contributed by atoms with van der Waals surface area (Å²) in [6.07, 6.45) is 0. The molecule has 0 aliphatic heterocycles. The van der Waals surface area contributed by atoms with Crippen molar-refractivity contribution in [2.75, 3.05) is 0 Å². The Morgan fingerprint density at radius 3 is 1.40 bits per heavy atom. The first-order chi connectivity index (χ1) is 14.4. The Morgan fingerprint density at radius 2 is 1.03 bits per heavy atom. The van der Waals surface area contributed by atoms with Gasteiger partial charge in [-0.2, -0.15) is 0 Å². The van der Waals surface area contributed by atoms with Gasteiger partial charge in [0.05, 0.1) is 11.1 Å². The highest BCUT2D eigenvalue weighted by atomic mass is 16.6. The van der Waals surface area contributed by atoms with E-state index in [0.29, 0.717) is 21.5 Å². The van der Waals surface area contributed by atoms with Crippen LogP contribution in [-0.4, -0.2) is 20.1 Å². The summed E-state index contributed by atoms with van der Waals surface area (Å²) >= 11 is 0. The Kier molecular flexibility index (Phi) is 4.67. The Bertz CT molecular complexity index is 1230. The Labute approximate surface area is 169 Å². The summed E-state index contributed by atoms with van der Waals surface area (Å²) in [5.41, 5.74) is 0.612. The fraction of sp³-hybridized carbons (Fsp3) is 0.0909. The van der Waals surface area contributed by atoms with Crippen LogP contribution in [0, 0.1) is 20.2 Å². The molecule has 0 heterocycles. The van der Waals surface area contributed by atoms with E-state index < -0.39 is 22.9 Å². The molecule has 0 spiro atoms. The molecule has 2 N–H and O–H groups in total. The topological polar surface area (TPSA) is 127 Å². The maximum absolute atomic E-state index is 11.1. The second-order valence-electron chi connectivity index (χ2n) is 6.94. The second-order valence-corrected chi connectivity index (χ2v) is 6.94. The monoisotopic (exact) mass is 404 g/mol. The van der Waals surface area contributed by atoms with Crippen molar-refractivity contribution in [3.05, 3.63) is 92.0 Å². The molecule has 0 saturated heterocycles. The molecule has 0 aliphatic carbocycles. The Hall–Kier alpha value is -4.20. The summed E-state index contributed by atoms with van der Waals surface area (Å²) in [6.45, 7) is -1.20. The summed E-state index contributed by atoms with van der Waals surface area (Å²) in [7, 11) is 0. The molecule has 0 radical (unpaired) electrons. The molecule has 0 aromatic heterocycles. The number of rotatable bonds is 5. The lowest BCUT2D eigenvalue weighted by Gasteiger charge is -2.17. The Morgan fingerprint density at radius 1 is 0.667 bits per heavy atom. The number of hydrogen-bond donors (Lipinski definition) is 2. The van der Waals surface area contributed by atoms with Crippen LogP contribution in [0.4, 0.5) is 0 Å². The fourth-order valence-corrected chi connectivity index (χ4v) is 3.81. The molecular formula is C22H16N2O6. The zero-order chi connectivity index (χ0) is 21.4. The van der Waals surface area contributed by atoms with Gasteiger partial charge in [0.25, 0.3) is 0 Å². The van der Waals surface area contributed by atoms with E-state index in [2.05, 4.69) is 0 Å². The molecule has 0 bridgehead atoms. The van der Waals surface area contributed by atoms with Gasteiger partial charge in [0.1, 0.15) is 11.5 Å². The van der Waals surface area contributed by atoms with E-state index >= 15 is 0 Å². The molecule has 30 heavy (non-hydrogen) atoms. The average molecular weight is 404 g/mol. The van der Waals surface area contributed by atoms with Crippen LogP contribution < -0.4 is 0 Å². The summed E-state index contributed by atoms with van der Waals surface area (Å²) in [4.78, 5) is 21.2. The first-order valence-electron chi connectivity index (χ1n) is 9.08. The standard InChI is InChI=1S/C22H16N2O6/c25-21-15(11-23(27)28)9-13-5-1-3-7-17(13)19(21)20-18-8-4-2-6-14(18)10-16(22(20)26)12-24(29)30/h1-10,25-26H,11-12H2. The fourth-order valence-electron chi connectivity index (χ4n) is 3.81. The van der Waals surface area contributed by atoms with Crippen LogP contribution in [0.1, 0.15) is 11.1 Å². The third-order valence-electron chi connectivity index (χ3n) is 5.05. The van der Waals surface area contributed by atoms with Gasteiger partial charge >= 0.3 is 0 Å². The lowest BCUT2D eigenvalue weighted by Crippen LogP contribution is -2.02. The van der Waals surface area contributed by atoms with Crippen molar-refractivity contribution in [2.45, 2.75) is 13.1 Å². The molecule has 4 aromatic carbocycles.